The van der Waals surface area contributed by atoms with Crippen molar-refractivity contribution in [1.82, 2.24) is 20.1 Å². The summed E-state index contributed by atoms with van der Waals surface area (Å²) in [6, 6.07) is 1.47. The molecule has 0 aromatic carbocycles. The Kier molecular flexibility index (Phi) is 6.86. The van der Waals surface area contributed by atoms with E-state index in [4.69, 9.17) is 0 Å². The Balaban J connectivity index is 1.81. The predicted octanol–water partition coefficient (Wildman–Crippen LogP) is 3.38. The van der Waals surface area contributed by atoms with E-state index >= 15 is 0 Å². The molecule has 2 aromatic rings. The first-order valence-electron chi connectivity index (χ1n) is 10.5. The number of nitrogens with one attached hydrogen (secondary N) is 2. The van der Waals surface area contributed by atoms with Crippen LogP contribution in [0.25, 0.3) is 0 Å². The third kappa shape index (κ3) is 5.94. The standard InChI is InChI=1S/C18H21F3N5O2.3CH3.Sn/c1-17(2,28)15(19)9-23-16(27)13-8-22-4-3-14(13)25-11-7-24-26(10-11)12-5-18(20,21)6-12;;;;/h3,7-8,10,12,15,28H,5-6,9H2,1-2H3,(H,22,25)(H,23,27);3*1H3;. The van der Waals surface area contributed by atoms with E-state index < -0.39 is 42.0 Å². The van der Waals surface area contributed by atoms with Gasteiger partial charge >= 0.3 is 190 Å². The van der Waals surface area contributed by atoms with Crippen molar-refractivity contribution in [2.24, 2.45) is 0 Å². The minimum absolute atomic E-state index is 0.218. The number of amides is 1. The SMILES string of the molecule is CC(C)(O)C(F)CNC(=O)c1cn[c]([Sn]([CH3])([CH3])[CH3])cc1Nc1cnn(C2CC(F)(F)C2)c1. The third-order valence-electron chi connectivity index (χ3n) is 5.45. The van der Waals surface area contributed by atoms with Gasteiger partial charge in [0.05, 0.1) is 0 Å². The molecule has 11 heteroatoms. The van der Waals surface area contributed by atoms with Gasteiger partial charge in [0.15, 0.2) is 0 Å². The monoisotopic (exact) mass is 561 g/mol. The van der Waals surface area contributed by atoms with Gasteiger partial charge in [-0.1, -0.05) is 0 Å². The number of carbonyl (C=O) groups is 1. The van der Waals surface area contributed by atoms with Gasteiger partial charge in [-0.3, -0.25) is 0 Å². The van der Waals surface area contributed by atoms with Crippen LogP contribution in [0.1, 0.15) is 43.1 Å². The van der Waals surface area contributed by atoms with Crippen molar-refractivity contribution in [3.05, 3.63) is 30.2 Å². The summed E-state index contributed by atoms with van der Waals surface area (Å²) >= 11 is -2.58. The van der Waals surface area contributed by atoms with Gasteiger partial charge in [0.1, 0.15) is 0 Å². The Morgan fingerprint density at radius 3 is 2.56 bits per heavy atom. The predicted molar refractivity (Wildman–Crippen MR) is 119 cm³/mol. The number of aliphatic hydroxyl groups is 1. The molecule has 1 saturated carbocycles. The van der Waals surface area contributed by atoms with Crippen molar-refractivity contribution in [2.75, 3.05) is 11.9 Å². The average molecular weight is 560 g/mol. The zero-order valence-electron chi connectivity index (χ0n) is 18.9. The van der Waals surface area contributed by atoms with E-state index in [-0.39, 0.29) is 31.0 Å². The molecule has 0 saturated heterocycles. The van der Waals surface area contributed by atoms with Crippen molar-refractivity contribution in [1.29, 1.82) is 0 Å². The second-order valence-corrected chi connectivity index (χ2v) is 24.3. The van der Waals surface area contributed by atoms with Crippen LogP contribution in [0.15, 0.2) is 24.7 Å². The molecule has 7 nitrogen and oxygen atoms in total. The van der Waals surface area contributed by atoms with Crippen LogP contribution in [0.4, 0.5) is 24.5 Å². The Morgan fingerprint density at radius 1 is 1.34 bits per heavy atom. The molecule has 0 bridgehead atoms. The summed E-state index contributed by atoms with van der Waals surface area (Å²) < 4.78 is 42.9. The molecule has 1 aliphatic carbocycles. The van der Waals surface area contributed by atoms with Crippen molar-refractivity contribution in [3.8, 4) is 0 Å². The second-order valence-electron chi connectivity index (χ2n) is 9.95. The topological polar surface area (TPSA) is 92.1 Å². The third-order valence-corrected chi connectivity index (χ3v) is 10.6. The van der Waals surface area contributed by atoms with Gasteiger partial charge in [0.2, 0.25) is 0 Å². The van der Waals surface area contributed by atoms with Gasteiger partial charge < -0.3 is 0 Å². The summed E-state index contributed by atoms with van der Waals surface area (Å²) in [6.07, 6.45) is 2.48. The van der Waals surface area contributed by atoms with Gasteiger partial charge in [-0.2, -0.15) is 0 Å². The van der Waals surface area contributed by atoms with Crippen LogP contribution < -0.4 is 14.3 Å². The van der Waals surface area contributed by atoms with Crippen molar-refractivity contribution in [3.63, 3.8) is 0 Å². The van der Waals surface area contributed by atoms with E-state index in [0.717, 1.165) is 3.71 Å². The number of rotatable bonds is 8. The molecule has 1 unspecified atom stereocenters. The maximum absolute atomic E-state index is 14.1. The number of nitrogens with zero attached hydrogens (tertiary/aromatic N) is 3. The molecule has 3 N–H and O–H groups in total. The van der Waals surface area contributed by atoms with E-state index in [1.54, 1.807) is 6.20 Å². The minimum atomic E-state index is -2.65. The molecule has 2 aromatic heterocycles. The van der Waals surface area contributed by atoms with E-state index in [9.17, 15) is 23.1 Å². The summed E-state index contributed by atoms with van der Waals surface area (Å²) in [5.74, 6) is -3.18. The fourth-order valence-electron chi connectivity index (χ4n) is 3.25. The molecule has 0 spiro atoms. The van der Waals surface area contributed by atoms with Gasteiger partial charge in [-0.05, 0) is 0 Å². The van der Waals surface area contributed by atoms with Crippen LogP contribution in [0.5, 0.6) is 0 Å². The zero-order valence-corrected chi connectivity index (χ0v) is 21.8. The first kappa shape index (κ1) is 24.8. The molecule has 1 fully saturated rings. The van der Waals surface area contributed by atoms with Gasteiger partial charge in [-0.15, -0.1) is 0 Å². The molecule has 1 atom stereocenters. The number of carbonyl (C=O) groups excluding carboxylic acids is 1. The average Bonchev–Trinajstić information content (AvgIpc) is 3.10. The Labute approximate surface area is 189 Å². The number of anilines is 2. The Morgan fingerprint density at radius 2 is 2.00 bits per heavy atom. The molecule has 0 aliphatic heterocycles. The van der Waals surface area contributed by atoms with Crippen molar-refractivity contribution >= 4 is 39.4 Å². The van der Waals surface area contributed by atoms with Crippen molar-refractivity contribution < 1.29 is 23.1 Å². The van der Waals surface area contributed by atoms with E-state index in [0.29, 0.717) is 11.4 Å². The van der Waals surface area contributed by atoms with Crippen LogP contribution in [0.2, 0.25) is 14.8 Å². The summed E-state index contributed by atoms with van der Waals surface area (Å²) in [4.78, 5) is 23.8. The van der Waals surface area contributed by atoms with Crippen LogP contribution in [-0.2, 0) is 0 Å². The number of alkyl halides is 3. The first-order chi connectivity index (χ1) is 14.7. The molecule has 32 heavy (non-hydrogen) atoms. The second kappa shape index (κ2) is 8.85. The quantitative estimate of drug-likeness (QED) is 0.431. The molecule has 176 valence electrons. The molecule has 0 radical (unpaired) electrons. The van der Waals surface area contributed by atoms with E-state index in [2.05, 4.69) is 35.5 Å². The number of aromatic nitrogens is 3. The summed E-state index contributed by atoms with van der Waals surface area (Å²) in [6.45, 7) is 2.31. The number of hydrogen-bond donors (Lipinski definition) is 3. The molecular weight excluding hydrogens is 530 g/mol. The molecule has 3 rings (SSSR count). The normalized spacial score (nSPS) is 17.5. The molecular formula is C21H30F3N5O2Sn. The number of pyridine rings is 1. The maximum atomic E-state index is 14.1. The van der Waals surface area contributed by atoms with Crippen LogP contribution in [-0.4, -0.2) is 68.4 Å². The fourth-order valence-corrected chi connectivity index (χ4v) is 6.19. The zero-order chi connectivity index (χ0) is 23.9. The molecule has 1 aliphatic rings. The number of hydrogen-bond acceptors (Lipinski definition) is 5. The summed E-state index contributed by atoms with van der Waals surface area (Å²) in [7, 11) is 0. The van der Waals surface area contributed by atoms with Crippen LogP contribution >= 0.6 is 0 Å². The Bertz CT molecular complexity index is 977. The van der Waals surface area contributed by atoms with Crippen LogP contribution in [0, 0.1) is 0 Å². The number of halogens is 3. The van der Waals surface area contributed by atoms with Crippen LogP contribution in [0.3, 0.4) is 0 Å². The fraction of sp³-hybridized carbons (Fsp3) is 0.571. The van der Waals surface area contributed by atoms with E-state index in [1.165, 1.54) is 30.9 Å². The molecule has 2 heterocycles. The van der Waals surface area contributed by atoms with Gasteiger partial charge in [0, 0.05) is 0 Å². The van der Waals surface area contributed by atoms with Gasteiger partial charge in [0.25, 0.3) is 0 Å². The van der Waals surface area contributed by atoms with E-state index in [1.807, 2.05) is 6.07 Å². The first-order valence-corrected chi connectivity index (χ1v) is 20.5. The summed E-state index contributed by atoms with van der Waals surface area (Å²) in [5.41, 5.74) is -0.328. The summed E-state index contributed by atoms with van der Waals surface area (Å²) in [5, 5.41) is 19.6. The van der Waals surface area contributed by atoms with Crippen molar-refractivity contribution in [2.45, 2.75) is 65.2 Å². The van der Waals surface area contributed by atoms with Gasteiger partial charge in [-0.25, -0.2) is 0 Å². The Hall–Kier alpha value is -1.82. The molecule has 1 amide bonds.